The quantitative estimate of drug-likeness (QED) is 0.177. The summed E-state index contributed by atoms with van der Waals surface area (Å²) in [4.78, 5) is 45.4. The lowest BCUT2D eigenvalue weighted by Gasteiger charge is -2.32. The Morgan fingerprint density at radius 3 is 0.968 bits per heavy atom. The van der Waals surface area contributed by atoms with Crippen LogP contribution in [-0.4, -0.2) is 74.6 Å². The molecule has 0 spiro atoms. The average Bonchev–Trinajstić information content (AvgIpc) is 2.77. The van der Waals surface area contributed by atoms with Crippen LogP contribution in [0.1, 0.15) is 0 Å². The van der Waals surface area contributed by atoms with Gasteiger partial charge in [-0.2, -0.15) is 0 Å². The number of ether oxygens (including phenoxy) is 5. The average molecular weight is 440 g/mol. The van der Waals surface area contributed by atoms with Crippen molar-refractivity contribution in [1.82, 2.24) is 0 Å². The van der Waals surface area contributed by atoms with Crippen LogP contribution in [-0.2, 0) is 42.9 Å². The van der Waals surface area contributed by atoms with Gasteiger partial charge in [-0.05, 0) is 0 Å². The van der Waals surface area contributed by atoms with Crippen LogP contribution in [0.3, 0.4) is 0 Å². The normalized spacial score (nSPS) is 10.9. The standard InChI is InChI=1S/C20H28N2O9/c1-5-15(23)28-11-19(21,12-29-16(24)6-2)9-27-10-20(22,13-30-17(25)7-3)14-31-18(26)8-4/h5-8H,1-4,9-14,21-22H2. The van der Waals surface area contributed by atoms with Gasteiger partial charge in [0.05, 0.1) is 13.2 Å². The molecule has 0 unspecified atom stereocenters. The molecule has 0 saturated heterocycles. The van der Waals surface area contributed by atoms with E-state index in [4.69, 9.17) is 35.2 Å². The Hall–Kier alpha value is -3.28. The molecule has 0 rings (SSSR count). The van der Waals surface area contributed by atoms with Crippen LogP contribution in [0.2, 0.25) is 0 Å². The van der Waals surface area contributed by atoms with Crippen molar-refractivity contribution < 1.29 is 42.9 Å². The zero-order valence-electron chi connectivity index (χ0n) is 17.2. The fraction of sp³-hybridized carbons (Fsp3) is 0.400. The molecular formula is C20H28N2O9. The van der Waals surface area contributed by atoms with Crippen molar-refractivity contribution in [2.75, 3.05) is 39.6 Å². The number of rotatable bonds is 16. The molecule has 0 radical (unpaired) electrons. The van der Waals surface area contributed by atoms with E-state index >= 15 is 0 Å². The Morgan fingerprint density at radius 1 is 0.548 bits per heavy atom. The van der Waals surface area contributed by atoms with E-state index in [1.807, 2.05) is 0 Å². The first-order valence-electron chi connectivity index (χ1n) is 8.85. The van der Waals surface area contributed by atoms with E-state index in [0.29, 0.717) is 0 Å². The van der Waals surface area contributed by atoms with Gasteiger partial charge in [-0.1, -0.05) is 26.3 Å². The Labute approximate surface area is 180 Å². The van der Waals surface area contributed by atoms with Crippen molar-refractivity contribution in [3.8, 4) is 0 Å². The first-order valence-corrected chi connectivity index (χ1v) is 8.85. The maximum Gasteiger partial charge on any atom is 0.330 e. The molecule has 172 valence electrons. The molecule has 0 bridgehead atoms. The summed E-state index contributed by atoms with van der Waals surface area (Å²) in [6.45, 7) is 11.0. The van der Waals surface area contributed by atoms with Gasteiger partial charge < -0.3 is 35.2 Å². The van der Waals surface area contributed by atoms with Crippen LogP contribution in [0.5, 0.6) is 0 Å². The fourth-order valence-corrected chi connectivity index (χ4v) is 1.80. The minimum atomic E-state index is -1.45. The van der Waals surface area contributed by atoms with Crippen molar-refractivity contribution in [3.63, 3.8) is 0 Å². The summed E-state index contributed by atoms with van der Waals surface area (Å²) >= 11 is 0. The van der Waals surface area contributed by atoms with Crippen LogP contribution < -0.4 is 11.5 Å². The molecule has 0 fully saturated rings. The molecule has 0 heterocycles. The molecule has 0 amide bonds. The number of nitrogens with two attached hydrogens (primary N) is 2. The Bertz CT molecular complexity index is 597. The molecule has 0 saturated carbocycles. The SMILES string of the molecule is C=CC(=O)OCC(N)(COCC(N)(COC(=O)C=C)COC(=O)C=C)COC(=O)C=C. The zero-order valence-corrected chi connectivity index (χ0v) is 17.2. The van der Waals surface area contributed by atoms with Crippen LogP contribution in [0.25, 0.3) is 0 Å². The topological polar surface area (TPSA) is 166 Å². The molecule has 0 aliphatic carbocycles. The third-order valence-electron chi connectivity index (χ3n) is 3.45. The van der Waals surface area contributed by atoms with Crippen molar-refractivity contribution >= 4 is 23.9 Å². The summed E-state index contributed by atoms with van der Waals surface area (Å²) in [6, 6.07) is 0. The molecule has 4 N–H and O–H groups in total. The third-order valence-corrected chi connectivity index (χ3v) is 3.45. The molecule has 0 aromatic carbocycles. The Balaban J connectivity index is 5.16. The highest BCUT2D eigenvalue weighted by Gasteiger charge is 2.33. The largest absolute Gasteiger partial charge is 0.460 e. The highest BCUT2D eigenvalue weighted by atomic mass is 16.6. The Kier molecular flexibility index (Phi) is 12.4. The van der Waals surface area contributed by atoms with E-state index in [-0.39, 0.29) is 39.6 Å². The predicted octanol–water partition coefficient (Wildman–Crippen LogP) is -0.685. The molecule has 0 aliphatic heterocycles. The molecule has 11 nitrogen and oxygen atoms in total. The molecule has 31 heavy (non-hydrogen) atoms. The summed E-state index contributed by atoms with van der Waals surface area (Å²) in [6.07, 6.45) is 3.74. The summed E-state index contributed by atoms with van der Waals surface area (Å²) < 4.78 is 25.2. The smallest absolute Gasteiger partial charge is 0.330 e. The van der Waals surface area contributed by atoms with Crippen LogP contribution in [0, 0.1) is 0 Å². The van der Waals surface area contributed by atoms with Crippen molar-refractivity contribution in [3.05, 3.63) is 50.6 Å². The highest BCUT2D eigenvalue weighted by Crippen LogP contribution is 2.10. The predicted molar refractivity (Wildman–Crippen MR) is 109 cm³/mol. The van der Waals surface area contributed by atoms with Crippen molar-refractivity contribution in [2.45, 2.75) is 11.1 Å². The van der Waals surface area contributed by atoms with Gasteiger partial charge in [0.25, 0.3) is 0 Å². The lowest BCUT2D eigenvalue weighted by molar-refractivity contribution is -0.147. The van der Waals surface area contributed by atoms with Gasteiger partial charge in [0.1, 0.15) is 37.5 Å². The number of esters is 4. The second-order valence-electron chi connectivity index (χ2n) is 6.46. The lowest BCUT2D eigenvalue weighted by Crippen LogP contribution is -2.57. The maximum atomic E-state index is 11.3. The summed E-state index contributed by atoms with van der Waals surface area (Å²) in [5.41, 5.74) is 9.37. The van der Waals surface area contributed by atoms with Crippen molar-refractivity contribution in [2.24, 2.45) is 11.5 Å². The summed E-state index contributed by atoms with van der Waals surface area (Å²) in [7, 11) is 0. The molecule has 0 aromatic heterocycles. The number of carbonyl (C=O) groups is 4. The second kappa shape index (κ2) is 13.9. The van der Waals surface area contributed by atoms with Gasteiger partial charge in [0.15, 0.2) is 0 Å². The number of hydrogen-bond donors (Lipinski definition) is 2. The Morgan fingerprint density at radius 2 is 0.774 bits per heavy atom. The van der Waals surface area contributed by atoms with Crippen LogP contribution in [0.4, 0.5) is 0 Å². The first kappa shape index (κ1) is 27.7. The van der Waals surface area contributed by atoms with E-state index in [1.165, 1.54) is 0 Å². The van der Waals surface area contributed by atoms with Crippen molar-refractivity contribution in [1.29, 1.82) is 0 Å². The van der Waals surface area contributed by atoms with Gasteiger partial charge in [-0.25, -0.2) is 19.2 Å². The number of carbonyl (C=O) groups excluding carboxylic acids is 4. The zero-order chi connectivity index (χ0) is 23.9. The maximum absolute atomic E-state index is 11.3. The highest BCUT2D eigenvalue weighted by molar-refractivity contribution is 5.82. The van der Waals surface area contributed by atoms with E-state index in [2.05, 4.69) is 26.3 Å². The van der Waals surface area contributed by atoms with E-state index < -0.39 is 35.0 Å². The van der Waals surface area contributed by atoms with Gasteiger partial charge in [0, 0.05) is 24.3 Å². The fourth-order valence-electron chi connectivity index (χ4n) is 1.80. The minimum absolute atomic E-state index is 0.300. The van der Waals surface area contributed by atoms with E-state index in [0.717, 1.165) is 24.3 Å². The first-order chi connectivity index (χ1) is 14.5. The van der Waals surface area contributed by atoms with Gasteiger partial charge >= 0.3 is 23.9 Å². The molecule has 0 aromatic rings. The van der Waals surface area contributed by atoms with Gasteiger partial charge in [-0.15, -0.1) is 0 Å². The van der Waals surface area contributed by atoms with Gasteiger partial charge in [0.2, 0.25) is 0 Å². The molecule has 0 aliphatic rings. The van der Waals surface area contributed by atoms with E-state index in [1.54, 1.807) is 0 Å². The molecule has 0 atom stereocenters. The summed E-state index contributed by atoms with van der Waals surface area (Å²) in [5, 5.41) is 0. The molecular weight excluding hydrogens is 412 g/mol. The van der Waals surface area contributed by atoms with Crippen LogP contribution >= 0.6 is 0 Å². The molecule has 11 heteroatoms. The van der Waals surface area contributed by atoms with Crippen LogP contribution in [0.15, 0.2) is 50.6 Å². The minimum Gasteiger partial charge on any atom is -0.460 e. The number of hydrogen-bond acceptors (Lipinski definition) is 11. The monoisotopic (exact) mass is 440 g/mol. The second-order valence-corrected chi connectivity index (χ2v) is 6.46. The van der Waals surface area contributed by atoms with E-state index in [9.17, 15) is 19.2 Å². The van der Waals surface area contributed by atoms with Gasteiger partial charge in [-0.3, -0.25) is 0 Å². The summed E-state index contributed by atoms with van der Waals surface area (Å²) in [5.74, 6) is -2.98. The third kappa shape index (κ3) is 12.1. The lowest BCUT2D eigenvalue weighted by atomic mass is 10.0.